The summed E-state index contributed by atoms with van der Waals surface area (Å²) in [6, 6.07) is 10.4. The minimum Gasteiger partial charge on any atom is -0.491 e. The maximum atomic E-state index is 12.6. The molecule has 3 rings (SSSR count). The Hall–Kier alpha value is -3.22. The molecule has 0 aliphatic carbocycles. The van der Waals surface area contributed by atoms with E-state index >= 15 is 0 Å². The number of hydrogen-bond donors (Lipinski definition) is 3. The van der Waals surface area contributed by atoms with Crippen LogP contribution in [-0.4, -0.2) is 41.1 Å². The fourth-order valence-corrected chi connectivity index (χ4v) is 2.41. The SMILES string of the molecule is Cc1ccc2c(c1)C(=O)Nc1cccc(n1)C(=N)N(C=N)CCO2. The first-order chi connectivity index (χ1) is 11.6. The molecule has 0 saturated carbocycles. The van der Waals surface area contributed by atoms with Crippen molar-refractivity contribution in [2.24, 2.45) is 0 Å². The van der Waals surface area contributed by atoms with E-state index in [-0.39, 0.29) is 18.3 Å². The van der Waals surface area contributed by atoms with Gasteiger partial charge in [0.2, 0.25) is 0 Å². The lowest BCUT2D eigenvalue weighted by atomic mass is 10.1. The molecule has 24 heavy (non-hydrogen) atoms. The van der Waals surface area contributed by atoms with Crippen LogP contribution < -0.4 is 10.1 Å². The predicted molar refractivity (Wildman–Crippen MR) is 91.2 cm³/mol. The average molecular weight is 323 g/mol. The van der Waals surface area contributed by atoms with Crippen molar-refractivity contribution in [2.75, 3.05) is 18.5 Å². The number of fused-ring (bicyclic) bond motifs is 3. The van der Waals surface area contributed by atoms with E-state index in [1.807, 2.05) is 13.0 Å². The van der Waals surface area contributed by atoms with Gasteiger partial charge in [-0.15, -0.1) is 0 Å². The number of ether oxygens (including phenoxy) is 1. The third kappa shape index (κ3) is 3.10. The summed E-state index contributed by atoms with van der Waals surface area (Å²) in [5.74, 6) is 0.579. The van der Waals surface area contributed by atoms with E-state index in [1.54, 1.807) is 30.3 Å². The summed E-state index contributed by atoms with van der Waals surface area (Å²) in [6.45, 7) is 2.45. The molecule has 0 fully saturated rings. The van der Waals surface area contributed by atoms with Crippen molar-refractivity contribution < 1.29 is 9.53 Å². The minimum atomic E-state index is -0.311. The number of amides is 1. The van der Waals surface area contributed by atoms with Gasteiger partial charge in [0, 0.05) is 0 Å². The molecule has 7 nitrogen and oxygen atoms in total. The monoisotopic (exact) mass is 323 g/mol. The molecule has 2 bridgehead atoms. The summed E-state index contributed by atoms with van der Waals surface area (Å²) < 4.78 is 5.71. The smallest absolute Gasteiger partial charge is 0.260 e. The zero-order valence-electron chi connectivity index (χ0n) is 13.2. The van der Waals surface area contributed by atoms with Crippen LogP contribution >= 0.6 is 0 Å². The van der Waals surface area contributed by atoms with Crippen LogP contribution in [0.25, 0.3) is 0 Å². The Morgan fingerprint density at radius 1 is 1.33 bits per heavy atom. The lowest BCUT2D eigenvalue weighted by Crippen LogP contribution is -2.34. The largest absolute Gasteiger partial charge is 0.491 e. The highest BCUT2D eigenvalue weighted by Crippen LogP contribution is 2.22. The first-order valence-electron chi connectivity index (χ1n) is 7.46. The van der Waals surface area contributed by atoms with Crippen LogP contribution in [0.1, 0.15) is 21.6 Å². The van der Waals surface area contributed by atoms with Gasteiger partial charge in [0.15, 0.2) is 5.84 Å². The fraction of sp³-hybridized carbons (Fsp3) is 0.176. The summed E-state index contributed by atoms with van der Waals surface area (Å²) in [5.41, 5.74) is 1.75. The number of carbonyl (C=O) groups is 1. The molecule has 0 radical (unpaired) electrons. The van der Waals surface area contributed by atoms with Gasteiger partial charge < -0.3 is 15.0 Å². The van der Waals surface area contributed by atoms with E-state index in [1.165, 1.54) is 4.90 Å². The molecule has 3 N–H and O–H groups in total. The van der Waals surface area contributed by atoms with Gasteiger partial charge >= 0.3 is 0 Å². The summed E-state index contributed by atoms with van der Waals surface area (Å²) in [4.78, 5) is 18.3. The lowest BCUT2D eigenvalue weighted by molar-refractivity contribution is 0.102. The van der Waals surface area contributed by atoms with E-state index in [2.05, 4.69) is 10.3 Å². The molecular formula is C17H17N5O2. The zero-order chi connectivity index (χ0) is 17.1. The van der Waals surface area contributed by atoms with Crippen molar-refractivity contribution in [2.45, 2.75) is 6.92 Å². The number of nitrogens with one attached hydrogen (secondary N) is 3. The van der Waals surface area contributed by atoms with Crippen LogP contribution in [0, 0.1) is 17.7 Å². The maximum Gasteiger partial charge on any atom is 0.260 e. The van der Waals surface area contributed by atoms with Crippen molar-refractivity contribution in [3.05, 3.63) is 53.2 Å². The van der Waals surface area contributed by atoms with Crippen LogP contribution in [0.2, 0.25) is 0 Å². The number of aromatic nitrogens is 1. The normalized spacial score (nSPS) is 14.6. The summed E-state index contributed by atoms with van der Waals surface area (Å²) in [5, 5.41) is 18.4. The molecule has 1 amide bonds. The number of nitrogens with zero attached hydrogens (tertiary/aromatic N) is 2. The van der Waals surface area contributed by atoms with E-state index < -0.39 is 0 Å². The molecule has 2 aromatic rings. The van der Waals surface area contributed by atoms with Crippen LogP contribution in [-0.2, 0) is 0 Å². The molecule has 0 saturated heterocycles. The van der Waals surface area contributed by atoms with Gasteiger partial charge in [0.05, 0.1) is 18.4 Å². The molecule has 0 unspecified atom stereocenters. The maximum absolute atomic E-state index is 12.6. The second kappa shape index (κ2) is 6.49. The molecule has 2 heterocycles. The van der Waals surface area contributed by atoms with Crippen molar-refractivity contribution in [1.29, 1.82) is 10.8 Å². The minimum absolute atomic E-state index is 0.0782. The number of pyridine rings is 1. The van der Waals surface area contributed by atoms with Crippen LogP contribution in [0.5, 0.6) is 5.75 Å². The Bertz CT molecular complexity index is 818. The summed E-state index contributed by atoms with van der Waals surface area (Å²) in [7, 11) is 0. The highest BCUT2D eigenvalue weighted by molar-refractivity contribution is 6.06. The van der Waals surface area contributed by atoms with Gasteiger partial charge in [0.1, 0.15) is 23.9 Å². The third-order valence-corrected chi connectivity index (χ3v) is 3.65. The van der Waals surface area contributed by atoms with Crippen molar-refractivity contribution >= 4 is 23.9 Å². The Balaban J connectivity index is 2.05. The highest BCUT2D eigenvalue weighted by Gasteiger charge is 2.18. The predicted octanol–water partition coefficient (Wildman–Crippen LogP) is 2.27. The quantitative estimate of drug-likeness (QED) is 0.553. The van der Waals surface area contributed by atoms with Crippen molar-refractivity contribution in [3.8, 4) is 5.75 Å². The standard InChI is InChI=1S/C17H17N5O2/c1-11-5-6-14-12(9-11)17(23)21-15-4-2-3-13(20-15)16(19)22(10-18)7-8-24-14/h2-6,9-10,18-19H,7-8H2,1H3,(H,20,21,23). The Morgan fingerprint density at radius 3 is 2.96 bits per heavy atom. The first-order valence-corrected chi connectivity index (χ1v) is 7.46. The topological polar surface area (TPSA) is 102 Å². The summed E-state index contributed by atoms with van der Waals surface area (Å²) in [6.07, 6.45) is 1.07. The number of aryl methyl sites for hydroxylation is 1. The third-order valence-electron chi connectivity index (χ3n) is 3.65. The second-order valence-electron chi connectivity index (χ2n) is 5.38. The van der Waals surface area contributed by atoms with Crippen molar-refractivity contribution in [3.63, 3.8) is 0 Å². The number of anilines is 1. The van der Waals surface area contributed by atoms with E-state index in [0.29, 0.717) is 29.4 Å². The number of hydrogen-bond acceptors (Lipinski definition) is 5. The molecule has 1 aromatic heterocycles. The Labute approximate surface area is 139 Å². The first kappa shape index (κ1) is 15.7. The van der Waals surface area contributed by atoms with Crippen molar-refractivity contribution in [1.82, 2.24) is 9.88 Å². The number of rotatable bonds is 1. The van der Waals surface area contributed by atoms with Gasteiger partial charge in [-0.25, -0.2) is 4.98 Å². The number of benzene rings is 1. The molecule has 1 aliphatic rings. The summed E-state index contributed by atoms with van der Waals surface area (Å²) >= 11 is 0. The van der Waals surface area contributed by atoms with E-state index in [0.717, 1.165) is 11.9 Å². The van der Waals surface area contributed by atoms with Gasteiger partial charge in [-0.3, -0.25) is 15.6 Å². The number of amidine groups is 1. The second-order valence-corrected chi connectivity index (χ2v) is 5.38. The lowest BCUT2D eigenvalue weighted by Gasteiger charge is -2.21. The van der Waals surface area contributed by atoms with E-state index in [4.69, 9.17) is 15.6 Å². The Kier molecular flexibility index (Phi) is 4.24. The zero-order valence-corrected chi connectivity index (χ0v) is 13.2. The Morgan fingerprint density at radius 2 is 2.17 bits per heavy atom. The molecule has 7 heteroatoms. The van der Waals surface area contributed by atoms with Crippen LogP contribution in [0.4, 0.5) is 5.82 Å². The average Bonchev–Trinajstić information content (AvgIpc) is 2.58. The number of carbonyl (C=O) groups excluding carboxylic acids is 1. The van der Waals surface area contributed by atoms with Gasteiger partial charge in [0.25, 0.3) is 5.91 Å². The van der Waals surface area contributed by atoms with Gasteiger partial charge in [-0.2, -0.15) is 0 Å². The van der Waals surface area contributed by atoms with E-state index in [9.17, 15) is 4.79 Å². The fourth-order valence-electron chi connectivity index (χ4n) is 2.41. The van der Waals surface area contributed by atoms with Crippen LogP contribution in [0.3, 0.4) is 0 Å². The molecule has 1 aliphatic heterocycles. The van der Waals surface area contributed by atoms with Crippen LogP contribution in [0.15, 0.2) is 36.4 Å². The molecular weight excluding hydrogens is 306 g/mol. The molecule has 1 aromatic carbocycles. The molecule has 0 spiro atoms. The molecule has 0 atom stereocenters. The van der Waals surface area contributed by atoms with Gasteiger partial charge in [-0.05, 0) is 31.2 Å². The molecule has 122 valence electrons. The van der Waals surface area contributed by atoms with Gasteiger partial charge in [-0.1, -0.05) is 17.7 Å². The highest BCUT2D eigenvalue weighted by atomic mass is 16.5.